The van der Waals surface area contributed by atoms with Gasteiger partial charge in [-0.15, -0.1) is 0 Å². The maximum Gasteiger partial charge on any atom is 0.166 e. The van der Waals surface area contributed by atoms with Crippen LogP contribution in [0.3, 0.4) is 0 Å². The van der Waals surface area contributed by atoms with Gasteiger partial charge in [0.2, 0.25) is 0 Å². The van der Waals surface area contributed by atoms with Crippen LogP contribution < -0.4 is 0 Å². The Morgan fingerprint density at radius 3 is 2.27 bits per heavy atom. The monoisotopic (exact) mass is 206 g/mol. The van der Waals surface area contributed by atoms with Crippen LogP contribution in [0.15, 0.2) is 30.3 Å². The van der Waals surface area contributed by atoms with Gasteiger partial charge in [-0.2, -0.15) is 0 Å². The van der Waals surface area contributed by atoms with Crippen molar-refractivity contribution in [3.8, 4) is 0 Å². The van der Waals surface area contributed by atoms with Crippen molar-refractivity contribution >= 4 is 5.78 Å². The number of Topliss-reactive ketones (excluding diaryl/α,β-unsaturated/α-hetero) is 1. The summed E-state index contributed by atoms with van der Waals surface area (Å²) in [6, 6.07) is 9.56. The van der Waals surface area contributed by atoms with Gasteiger partial charge in [-0.3, -0.25) is 4.79 Å². The fraction of sp³-hybridized carbons (Fsp3) is 0.462. The van der Waals surface area contributed by atoms with Gasteiger partial charge in [-0.05, 0) is 5.56 Å². The number of aliphatic hydroxyl groups excluding tert-OH is 1. The molecule has 0 aliphatic rings. The van der Waals surface area contributed by atoms with Crippen LogP contribution in [0.25, 0.3) is 0 Å². The summed E-state index contributed by atoms with van der Waals surface area (Å²) in [5.41, 5.74) is 0.511. The molecule has 1 aromatic rings. The smallest absolute Gasteiger partial charge is 0.166 e. The van der Waals surface area contributed by atoms with Gasteiger partial charge < -0.3 is 5.11 Å². The van der Waals surface area contributed by atoms with E-state index in [9.17, 15) is 9.90 Å². The third kappa shape index (κ3) is 3.48. The highest BCUT2D eigenvalue weighted by atomic mass is 16.3. The molecule has 0 aliphatic heterocycles. The van der Waals surface area contributed by atoms with Crippen molar-refractivity contribution in [1.82, 2.24) is 0 Å². The van der Waals surface area contributed by atoms with Crippen LogP contribution in [0.1, 0.15) is 26.3 Å². The summed E-state index contributed by atoms with van der Waals surface area (Å²) in [7, 11) is 0. The lowest BCUT2D eigenvalue weighted by atomic mass is 9.86. The van der Waals surface area contributed by atoms with Crippen LogP contribution in [0, 0.1) is 5.41 Å². The molecule has 0 aromatic heterocycles. The van der Waals surface area contributed by atoms with E-state index in [4.69, 9.17) is 0 Å². The number of benzene rings is 1. The molecular formula is C13H18O2. The van der Waals surface area contributed by atoms with E-state index in [0.717, 1.165) is 5.56 Å². The first-order valence-electron chi connectivity index (χ1n) is 5.17. The number of carbonyl (C=O) groups excluding carboxylic acids is 1. The molecule has 0 bridgehead atoms. The number of hydrogen-bond acceptors (Lipinski definition) is 2. The van der Waals surface area contributed by atoms with Crippen LogP contribution in [0.5, 0.6) is 0 Å². The lowest BCUT2D eigenvalue weighted by Crippen LogP contribution is -2.33. The highest BCUT2D eigenvalue weighted by molar-refractivity contribution is 5.87. The quantitative estimate of drug-likeness (QED) is 0.823. The molecule has 15 heavy (non-hydrogen) atoms. The molecule has 0 heterocycles. The van der Waals surface area contributed by atoms with E-state index < -0.39 is 11.5 Å². The number of rotatable bonds is 3. The summed E-state index contributed by atoms with van der Waals surface area (Å²) in [4.78, 5) is 11.7. The van der Waals surface area contributed by atoms with Crippen molar-refractivity contribution in [3.05, 3.63) is 35.9 Å². The maximum atomic E-state index is 11.7. The highest BCUT2D eigenvalue weighted by Crippen LogP contribution is 2.18. The molecule has 0 unspecified atom stereocenters. The van der Waals surface area contributed by atoms with E-state index in [2.05, 4.69) is 0 Å². The van der Waals surface area contributed by atoms with E-state index in [0.29, 0.717) is 6.42 Å². The zero-order chi connectivity index (χ0) is 11.5. The number of carbonyl (C=O) groups is 1. The number of aliphatic hydroxyl groups is 1. The molecule has 1 N–H and O–H groups in total. The fourth-order valence-electron chi connectivity index (χ4n) is 1.43. The molecule has 0 aliphatic carbocycles. The van der Waals surface area contributed by atoms with E-state index in [1.54, 1.807) is 0 Å². The van der Waals surface area contributed by atoms with E-state index in [-0.39, 0.29) is 5.78 Å². The molecule has 0 amide bonds. The average Bonchev–Trinajstić information content (AvgIpc) is 2.16. The number of ketones is 1. The van der Waals surface area contributed by atoms with Gasteiger partial charge in [0, 0.05) is 11.8 Å². The second-order valence-electron chi connectivity index (χ2n) is 4.82. The van der Waals surface area contributed by atoms with Crippen molar-refractivity contribution in [2.45, 2.75) is 33.3 Å². The van der Waals surface area contributed by atoms with Crippen LogP contribution in [-0.2, 0) is 11.2 Å². The molecule has 1 atom stereocenters. The Labute approximate surface area is 90.9 Å². The Morgan fingerprint density at radius 2 is 1.80 bits per heavy atom. The predicted molar refractivity (Wildman–Crippen MR) is 60.6 cm³/mol. The van der Waals surface area contributed by atoms with Gasteiger partial charge in [-0.25, -0.2) is 0 Å². The third-order valence-electron chi connectivity index (χ3n) is 2.31. The SMILES string of the molecule is CC(C)(C)C(=O)[C@H](O)Cc1ccccc1. The number of hydrogen-bond donors (Lipinski definition) is 1. The van der Waals surface area contributed by atoms with Gasteiger partial charge in [-0.1, -0.05) is 51.1 Å². The van der Waals surface area contributed by atoms with Crippen LogP contribution in [0.2, 0.25) is 0 Å². The van der Waals surface area contributed by atoms with Crippen molar-refractivity contribution < 1.29 is 9.90 Å². The minimum atomic E-state index is -0.896. The fourth-order valence-corrected chi connectivity index (χ4v) is 1.43. The Hall–Kier alpha value is -1.15. The first-order valence-corrected chi connectivity index (χ1v) is 5.17. The minimum absolute atomic E-state index is 0.105. The Morgan fingerprint density at radius 1 is 1.27 bits per heavy atom. The summed E-state index contributed by atoms with van der Waals surface area (Å²) in [6.45, 7) is 5.47. The Balaban J connectivity index is 2.65. The van der Waals surface area contributed by atoms with E-state index in [1.807, 2.05) is 51.1 Å². The first kappa shape index (κ1) is 11.9. The van der Waals surface area contributed by atoms with Crippen LogP contribution in [0.4, 0.5) is 0 Å². The molecule has 82 valence electrons. The van der Waals surface area contributed by atoms with Crippen LogP contribution in [-0.4, -0.2) is 17.0 Å². The van der Waals surface area contributed by atoms with Gasteiger partial charge in [0.05, 0.1) is 0 Å². The molecule has 0 saturated carbocycles. The predicted octanol–water partition coefficient (Wildman–Crippen LogP) is 2.21. The topological polar surface area (TPSA) is 37.3 Å². The molecule has 0 fully saturated rings. The van der Waals surface area contributed by atoms with Crippen molar-refractivity contribution in [3.63, 3.8) is 0 Å². The van der Waals surface area contributed by atoms with Gasteiger partial charge in [0.1, 0.15) is 6.10 Å². The summed E-state index contributed by atoms with van der Waals surface area (Å²) in [6.07, 6.45) is -0.496. The van der Waals surface area contributed by atoms with Gasteiger partial charge in [0.25, 0.3) is 0 Å². The van der Waals surface area contributed by atoms with Crippen molar-refractivity contribution in [1.29, 1.82) is 0 Å². The summed E-state index contributed by atoms with van der Waals surface area (Å²) in [5.74, 6) is -0.105. The largest absolute Gasteiger partial charge is 0.385 e. The average molecular weight is 206 g/mol. The molecule has 1 aromatic carbocycles. The molecule has 1 rings (SSSR count). The normalized spacial score (nSPS) is 13.6. The summed E-state index contributed by atoms with van der Waals surface area (Å²) < 4.78 is 0. The van der Waals surface area contributed by atoms with Crippen molar-refractivity contribution in [2.75, 3.05) is 0 Å². The molecule has 0 spiro atoms. The summed E-state index contributed by atoms with van der Waals surface area (Å²) in [5, 5.41) is 9.76. The van der Waals surface area contributed by atoms with Gasteiger partial charge in [0.15, 0.2) is 5.78 Å². The maximum absolute atomic E-state index is 11.7. The minimum Gasteiger partial charge on any atom is -0.385 e. The molecule has 2 heteroatoms. The zero-order valence-electron chi connectivity index (χ0n) is 9.53. The lowest BCUT2D eigenvalue weighted by molar-refractivity contribution is -0.134. The van der Waals surface area contributed by atoms with Crippen LogP contribution >= 0.6 is 0 Å². The molecule has 0 saturated heterocycles. The third-order valence-corrected chi connectivity index (χ3v) is 2.31. The van der Waals surface area contributed by atoms with Crippen molar-refractivity contribution in [2.24, 2.45) is 5.41 Å². The standard InChI is InChI=1S/C13H18O2/c1-13(2,3)12(15)11(14)9-10-7-5-4-6-8-10/h4-8,11,14H,9H2,1-3H3/t11-/m1/s1. The molecular weight excluding hydrogens is 188 g/mol. The first-order chi connectivity index (χ1) is 6.91. The Kier molecular flexibility index (Phi) is 3.64. The Bertz CT molecular complexity index is 322. The molecule has 2 nitrogen and oxygen atoms in total. The lowest BCUT2D eigenvalue weighted by Gasteiger charge is -2.20. The molecule has 0 radical (unpaired) electrons. The van der Waals surface area contributed by atoms with E-state index >= 15 is 0 Å². The summed E-state index contributed by atoms with van der Waals surface area (Å²) >= 11 is 0. The second kappa shape index (κ2) is 4.58. The zero-order valence-corrected chi connectivity index (χ0v) is 9.53. The second-order valence-corrected chi connectivity index (χ2v) is 4.82. The van der Waals surface area contributed by atoms with E-state index in [1.165, 1.54) is 0 Å². The van der Waals surface area contributed by atoms with Gasteiger partial charge >= 0.3 is 0 Å². The highest BCUT2D eigenvalue weighted by Gasteiger charge is 2.27.